The summed E-state index contributed by atoms with van der Waals surface area (Å²) in [6.07, 6.45) is 3.77. The van der Waals surface area contributed by atoms with Gasteiger partial charge in [-0.05, 0) is 6.07 Å². The fourth-order valence-corrected chi connectivity index (χ4v) is 0.821. The minimum atomic E-state index is 1.12. The molecule has 1 aromatic heterocycles. The third-order valence-electron chi connectivity index (χ3n) is 1.49. The van der Waals surface area contributed by atoms with Crippen LogP contribution in [0.2, 0.25) is 0 Å². The van der Waals surface area contributed by atoms with E-state index in [4.69, 9.17) is 4.84 Å². The van der Waals surface area contributed by atoms with E-state index >= 15 is 0 Å². The fraction of sp³-hybridized carbons (Fsp3) is 0.375. The molecular weight excluding hydrogens is 140 g/mol. The van der Waals surface area contributed by atoms with E-state index in [1.165, 1.54) is 0 Å². The van der Waals surface area contributed by atoms with Crippen LogP contribution in [0.5, 0.6) is 0 Å². The van der Waals surface area contributed by atoms with Gasteiger partial charge in [-0.2, -0.15) is 0 Å². The lowest BCUT2D eigenvalue weighted by atomic mass is 10.4. The maximum absolute atomic E-state index is 5.00. The molecule has 0 N–H and O–H groups in total. The summed E-state index contributed by atoms with van der Waals surface area (Å²) < 4.78 is 1.66. The topological polar surface area (TPSA) is 16.4 Å². The van der Waals surface area contributed by atoms with Gasteiger partial charge in [0.1, 0.15) is 12.8 Å². The number of aromatic nitrogens is 1. The van der Waals surface area contributed by atoms with Crippen molar-refractivity contribution < 1.29 is 9.57 Å². The molecular formula is C8H13N2O+. The SMILES string of the molecule is CO[n+]1cccc(N(C)C)c1. The summed E-state index contributed by atoms with van der Waals surface area (Å²) in [7, 11) is 5.63. The zero-order valence-corrected chi connectivity index (χ0v) is 7.11. The Morgan fingerprint density at radius 1 is 1.45 bits per heavy atom. The molecule has 0 radical (unpaired) electrons. The Hall–Kier alpha value is -1.25. The van der Waals surface area contributed by atoms with Crippen molar-refractivity contribution in [1.82, 2.24) is 0 Å². The molecule has 0 aliphatic heterocycles. The standard InChI is InChI=1S/C8H13N2O/c1-9(2)8-5-4-6-10(7-8)11-3/h4-7H,1-3H3/q+1. The minimum absolute atomic E-state index is 1.12. The monoisotopic (exact) mass is 153 g/mol. The summed E-state index contributed by atoms with van der Waals surface area (Å²) in [6.45, 7) is 0. The van der Waals surface area contributed by atoms with Crippen LogP contribution in [0.1, 0.15) is 0 Å². The van der Waals surface area contributed by atoms with Crippen molar-refractivity contribution in [2.24, 2.45) is 0 Å². The molecule has 11 heavy (non-hydrogen) atoms. The highest BCUT2D eigenvalue weighted by atomic mass is 16.6. The van der Waals surface area contributed by atoms with Crippen molar-refractivity contribution in [1.29, 1.82) is 0 Å². The molecule has 3 nitrogen and oxygen atoms in total. The summed E-state index contributed by atoms with van der Waals surface area (Å²) in [5.41, 5.74) is 1.12. The van der Waals surface area contributed by atoms with Gasteiger partial charge in [0.05, 0.1) is 0 Å². The molecule has 0 amide bonds. The van der Waals surface area contributed by atoms with E-state index in [0.717, 1.165) is 5.69 Å². The van der Waals surface area contributed by atoms with Crippen LogP contribution in [0.15, 0.2) is 24.5 Å². The van der Waals surface area contributed by atoms with Crippen molar-refractivity contribution in [3.63, 3.8) is 0 Å². The molecule has 0 fully saturated rings. The molecule has 1 rings (SSSR count). The molecule has 0 saturated heterocycles. The average molecular weight is 153 g/mol. The molecule has 0 aliphatic rings. The molecule has 1 heterocycles. The lowest BCUT2D eigenvalue weighted by molar-refractivity contribution is -0.885. The predicted molar refractivity (Wildman–Crippen MR) is 43.5 cm³/mol. The van der Waals surface area contributed by atoms with Crippen LogP contribution >= 0.6 is 0 Å². The third-order valence-corrected chi connectivity index (χ3v) is 1.49. The minimum Gasteiger partial charge on any atom is -0.373 e. The van der Waals surface area contributed by atoms with Gasteiger partial charge in [-0.1, -0.05) is 0 Å². The summed E-state index contributed by atoms with van der Waals surface area (Å²) in [5.74, 6) is 0. The van der Waals surface area contributed by atoms with E-state index in [0.29, 0.717) is 0 Å². The van der Waals surface area contributed by atoms with Crippen LogP contribution in [0, 0.1) is 0 Å². The number of anilines is 1. The van der Waals surface area contributed by atoms with E-state index < -0.39 is 0 Å². The highest BCUT2D eigenvalue weighted by Gasteiger charge is 2.01. The molecule has 0 unspecified atom stereocenters. The predicted octanol–water partition coefficient (Wildman–Crippen LogP) is 0.0985. The number of rotatable bonds is 2. The highest BCUT2D eigenvalue weighted by molar-refractivity contribution is 5.39. The van der Waals surface area contributed by atoms with Crippen molar-refractivity contribution in [3.05, 3.63) is 24.5 Å². The second-order valence-electron chi connectivity index (χ2n) is 2.50. The molecule has 0 spiro atoms. The average Bonchev–Trinajstić information content (AvgIpc) is 2.05. The van der Waals surface area contributed by atoms with Crippen LogP contribution in [-0.4, -0.2) is 21.2 Å². The van der Waals surface area contributed by atoms with Crippen LogP contribution in [0.25, 0.3) is 0 Å². The number of hydrogen-bond donors (Lipinski definition) is 0. The number of pyridine rings is 1. The van der Waals surface area contributed by atoms with Gasteiger partial charge in [0.25, 0.3) is 0 Å². The lowest BCUT2D eigenvalue weighted by Crippen LogP contribution is -2.40. The van der Waals surface area contributed by atoms with Gasteiger partial charge in [-0.15, -0.1) is 0 Å². The van der Waals surface area contributed by atoms with Crippen molar-refractivity contribution in [3.8, 4) is 0 Å². The van der Waals surface area contributed by atoms with E-state index in [9.17, 15) is 0 Å². The Kier molecular flexibility index (Phi) is 2.31. The lowest BCUT2D eigenvalue weighted by Gasteiger charge is -2.08. The Morgan fingerprint density at radius 2 is 2.18 bits per heavy atom. The second-order valence-corrected chi connectivity index (χ2v) is 2.50. The molecule has 0 atom stereocenters. The summed E-state index contributed by atoms with van der Waals surface area (Å²) in [5, 5.41) is 0. The second kappa shape index (κ2) is 3.23. The van der Waals surface area contributed by atoms with Crippen molar-refractivity contribution >= 4 is 5.69 Å². The maximum atomic E-state index is 5.00. The maximum Gasteiger partial charge on any atom is 0.245 e. The zero-order chi connectivity index (χ0) is 8.27. The van der Waals surface area contributed by atoms with Gasteiger partial charge in [-0.3, -0.25) is 4.84 Å². The highest BCUT2D eigenvalue weighted by Crippen LogP contribution is 2.04. The largest absolute Gasteiger partial charge is 0.373 e. The van der Waals surface area contributed by atoms with Gasteiger partial charge >= 0.3 is 0 Å². The number of hydrogen-bond acceptors (Lipinski definition) is 2. The zero-order valence-electron chi connectivity index (χ0n) is 7.11. The molecule has 1 aromatic rings. The molecule has 0 aromatic carbocycles. The normalized spacial score (nSPS) is 9.36. The molecule has 0 saturated carbocycles. The van der Waals surface area contributed by atoms with Gasteiger partial charge in [-0.25, -0.2) is 0 Å². The van der Waals surface area contributed by atoms with Crippen LogP contribution in [-0.2, 0) is 0 Å². The van der Waals surface area contributed by atoms with Crippen LogP contribution in [0.4, 0.5) is 5.69 Å². The third kappa shape index (κ3) is 1.83. The van der Waals surface area contributed by atoms with E-state index in [1.807, 2.05) is 43.5 Å². The first-order chi connectivity index (χ1) is 5.24. The smallest absolute Gasteiger partial charge is 0.245 e. The molecule has 0 bridgehead atoms. The molecule has 3 heteroatoms. The fourth-order valence-electron chi connectivity index (χ4n) is 0.821. The summed E-state index contributed by atoms with van der Waals surface area (Å²) in [6, 6.07) is 3.97. The van der Waals surface area contributed by atoms with Gasteiger partial charge in [0.2, 0.25) is 12.4 Å². The summed E-state index contributed by atoms with van der Waals surface area (Å²) >= 11 is 0. The first kappa shape index (κ1) is 7.85. The Labute approximate surface area is 66.8 Å². The Balaban J connectivity index is 2.91. The molecule has 0 aliphatic carbocycles. The van der Waals surface area contributed by atoms with Gasteiger partial charge in [0, 0.05) is 24.9 Å². The van der Waals surface area contributed by atoms with Crippen LogP contribution < -0.4 is 14.5 Å². The van der Waals surface area contributed by atoms with E-state index in [-0.39, 0.29) is 0 Å². The van der Waals surface area contributed by atoms with Gasteiger partial charge < -0.3 is 4.90 Å². The van der Waals surface area contributed by atoms with E-state index in [2.05, 4.69) is 0 Å². The summed E-state index contributed by atoms with van der Waals surface area (Å²) in [4.78, 5) is 7.02. The van der Waals surface area contributed by atoms with Crippen molar-refractivity contribution in [2.45, 2.75) is 0 Å². The van der Waals surface area contributed by atoms with Crippen molar-refractivity contribution in [2.75, 3.05) is 26.1 Å². The van der Waals surface area contributed by atoms with Gasteiger partial charge in [0.15, 0.2) is 0 Å². The number of nitrogens with zero attached hydrogens (tertiary/aromatic N) is 2. The quantitative estimate of drug-likeness (QED) is 0.560. The van der Waals surface area contributed by atoms with E-state index in [1.54, 1.807) is 11.8 Å². The van der Waals surface area contributed by atoms with Crippen LogP contribution in [0.3, 0.4) is 0 Å². The Morgan fingerprint density at radius 3 is 2.73 bits per heavy atom. The first-order valence-corrected chi connectivity index (χ1v) is 3.47. The molecule has 60 valence electrons. The Bertz CT molecular complexity index is 235. The first-order valence-electron chi connectivity index (χ1n) is 3.47.